The molecule has 2 aliphatic rings. The Kier molecular flexibility index (Phi) is 5.23. The van der Waals surface area contributed by atoms with Crippen LogP contribution < -0.4 is 10.2 Å². The molecule has 9 heteroatoms. The van der Waals surface area contributed by atoms with Crippen molar-refractivity contribution < 1.29 is 9.50 Å². The normalized spacial score (nSPS) is 24.7. The van der Waals surface area contributed by atoms with Gasteiger partial charge in [0, 0.05) is 37.0 Å². The lowest BCUT2D eigenvalue weighted by Crippen LogP contribution is -2.61. The van der Waals surface area contributed by atoms with E-state index in [4.69, 9.17) is 5.26 Å². The molecule has 2 bridgehead atoms. The average molecular weight is 433 g/mol. The molecule has 0 aliphatic carbocycles. The van der Waals surface area contributed by atoms with E-state index in [1.54, 1.807) is 41.4 Å². The van der Waals surface area contributed by atoms with E-state index in [0.717, 1.165) is 25.7 Å². The molecule has 2 N–H and O–H groups in total. The van der Waals surface area contributed by atoms with Crippen molar-refractivity contribution in [2.24, 2.45) is 0 Å². The molecule has 5 rings (SSSR count). The molecule has 0 radical (unpaired) electrons. The Morgan fingerprint density at radius 3 is 2.84 bits per heavy atom. The standard InChI is InChI=1S/C23H24FN7O/c1-30(20-7-14-3-2-4-18(29-14)23(20)24)22-11-26-19(10-27-22)17-6-5-16(8-21(17)32)31-12-15(9-25)28-13-31/h5-6,8,10-14,18,20,23,29,32H,2-4,7H2,1H3/t14-,18?,20-,23+/m0/s1. The van der Waals surface area contributed by atoms with E-state index in [-0.39, 0.29) is 17.8 Å². The molecule has 1 unspecified atom stereocenters. The van der Waals surface area contributed by atoms with Crippen molar-refractivity contribution in [3.63, 3.8) is 0 Å². The minimum Gasteiger partial charge on any atom is -0.507 e. The maximum absolute atomic E-state index is 15.0. The molecule has 2 aromatic heterocycles. The number of anilines is 1. The van der Waals surface area contributed by atoms with Crippen molar-refractivity contribution in [1.29, 1.82) is 5.26 Å². The molecule has 0 amide bonds. The molecular formula is C23H24FN7O. The maximum atomic E-state index is 15.0. The molecule has 0 saturated carbocycles. The van der Waals surface area contributed by atoms with Crippen LogP contribution in [0.5, 0.6) is 5.75 Å². The van der Waals surface area contributed by atoms with Gasteiger partial charge in [-0.2, -0.15) is 5.26 Å². The van der Waals surface area contributed by atoms with Crippen molar-refractivity contribution in [3.05, 3.63) is 48.8 Å². The zero-order valence-electron chi connectivity index (χ0n) is 17.7. The Labute approximate surface area is 185 Å². The highest BCUT2D eigenvalue weighted by atomic mass is 19.1. The van der Waals surface area contributed by atoms with Crippen LogP contribution >= 0.6 is 0 Å². The number of rotatable bonds is 4. The van der Waals surface area contributed by atoms with E-state index in [1.807, 2.05) is 18.0 Å². The van der Waals surface area contributed by atoms with Crippen LogP contribution in [-0.4, -0.2) is 56.0 Å². The number of phenolic OH excluding ortho intramolecular Hbond substituents is 1. The van der Waals surface area contributed by atoms with Gasteiger partial charge >= 0.3 is 0 Å². The van der Waals surface area contributed by atoms with E-state index in [2.05, 4.69) is 20.3 Å². The lowest BCUT2D eigenvalue weighted by molar-refractivity contribution is 0.107. The highest BCUT2D eigenvalue weighted by Crippen LogP contribution is 2.33. The number of aromatic hydroxyl groups is 1. The first-order valence-electron chi connectivity index (χ1n) is 10.8. The molecule has 0 spiro atoms. The Bertz CT molecular complexity index is 1160. The number of imidazole rings is 1. The van der Waals surface area contributed by atoms with Gasteiger partial charge in [-0.25, -0.2) is 14.4 Å². The molecule has 2 saturated heterocycles. The molecule has 4 atom stereocenters. The van der Waals surface area contributed by atoms with Crippen LogP contribution in [0.1, 0.15) is 31.4 Å². The SMILES string of the molecule is CN(c1cnc(-c2ccc(-n3cnc(C#N)c3)cc2O)cn1)[C@H]1C[C@@H]2CCCC(N2)[C@H]1F. The molecule has 8 nitrogen and oxygen atoms in total. The summed E-state index contributed by atoms with van der Waals surface area (Å²) in [6, 6.07) is 7.16. The minimum absolute atomic E-state index is 0.0418. The number of aromatic nitrogens is 4. The molecule has 1 aromatic carbocycles. The van der Waals surface area contributed by atoms with Gasteiger partial charge in [-0.1, -0.05) is 6.42 Å². The number of alkyl halides is 1. The fraction of sp³-hybridized carbons (Fsp3) is 0.391. The van der Waals surface area contributed by atoms with Crippen LogP contribution in [-0.2, 0) is 0 Å². The van der Waals surface area contributed by atoms with Gasteiger partial charge in [0.25, 0.3) is 0 Å². The number of fused-ring (bicyclic) bond motifs is 2. The molecule has 32 heavy (non-hydrogen) atoms. The number of halogens is 1. The average Bonchev–Trinajstić information content (AvgIpc) is 3.31. The smallest absolute Gasteiger partial charge is 0.158 e. The number of nitriles is 1. The predicted molar refractivity (Wildman–Crippen MR) is 117 cm³/mol. The molecule has 2 aliphatic heterocycles. The second-order valence-corrected chi connectivity index (χ2v) is 8.50. The third-order valence-corrected chi connectivity index (χ3v) is 6.55. The Morgan fingerprint density at radius 1 is 1.25 bits per heavy atom. The van der Waals surface area contributed by atoms with Gasteiger partial charge in [0.1, 0.15) is 30.1 Å². The topological polar surface area (TPSA) is 103 Å². The summed E-state index contributed by atoms with van der Waals surface area (Å²) in [7, 11) is 1.87. The number of hydrogen-bond acceptors (Lipinski definition) is 7. The maximum Gasteiger partial charge on any atom is 0.158 e. The number of nitrogens with one attached hydrogen (secondary N) is 1. The van der Waals surface area contributed by atoms with Gasteiger partial charge in [-0.05, 0) is 31.4 Å². The quantitative estimate of drug-likeness (QED) is 0.652. The van der Waals surface area contributed by atoms with Crippen LogP contribution in [0.2, 0.25) is 0 Å². The lowest BCUT2D eigenvalue weighted by Gasteiger charge is -2.46. The van der Waals surface area contributed by atoms with Crippen LogP contribution in [0.15, 0.2) is 43.1 Å². The van der Waals surface area contributed by atoms with E-state index in [1.165, 1.54) is 6.33 Å². The predicted octanol–water partition coefficient (Wildman–Crippen LogP) is 2.96. The number of piperidine rings is 2. The Morgan fingerprint density at radius 2 is 2.12 bits per heavy atom. The zero-order valence-corrected chi connectivity index (χ0v) is 17.7. The van der Waals surface area contributed by atoms with E-state index in [0.29, 0.717) is 34.5 Å². The van der Waals surface area contributed by atoms with Gasteiger partial charge in [0.2, 0.25) is 0 Å². The third-order valence-electron chi connectivity index (χ3n) is 6.55. The molecular weight excluding hydrogens is 409 g/mol. The summed E-state index contributed by atoms with van der Waals surface area (Å²) in [5.41, 5.74) is 2.03. The summed E-state index contributed by atoms with van der Waals surface area (Å²) < 4.78 is 16.7. The number of hydrogen-bond donors (Lipinski definition) is 2. The summed E-state index contributed by atoms with van der Waals surface area (Å²) in [5.74, 6) is 0.653. The van der Waals surface area contributed by atoms with Crippen LogP contribution in [0.25, 0.3) is 16.9 Å². The fourth-order valence-corrected chi connectivity index (χ4v) is 4.78. The van der Waals surface area contributed by atoms with Gasteiger partial charge in [-0.15, -0.1) is 0 Å². The van der Waals surface area contributed by atoms with Gasteiger partial charge in [0.05, 0.1) is 29.8 Å². The summed E-state index contributed by atoms with van der Waals surface area (Å²) in [5, 5.41) is 22.9. The van der Waals surface area contributed by atoms with E-state index < -0.39 is 6.17 Å². The van der Waals surface area contributed by atoms with E-state index >= 15 is 4.39 Å². The highest BCUT2D eigenvalue weighted by Gasteiger charge is 2.41. The van der Waals surface area contributed by atoms with Crippen molar-refractivity contribution in [1.82, 2.24) is 24.8 Å². The third kappa shape index (κ3) is 3.67. The summed E-state index contributed by atoms with van der Waals surface area (Å²) in [6.45, 7) is 0. The van der Waals surface area contributed by atoms with Gasteiger partial charge in [0.15, 0.2) is 5.69 Å². The second-order valence-electron chi connectivity index (χ2n) is 8.50. The number of benzene rings is 1. The molecule has 2 fully saturated rings. The fourth-order valence-electron chi connectivity index (χ4n) is 4.78. The van der Waals surface area contributed by atoms with Crippen molar-refractivity contribution in [3.8, 4) is 28.8 Å². The Hall–Kier alpha value is -3.51. The minimum atomic E-state index is -0.945. The van der Waals surface area contributed by atoms with Crippen molar-refractivity contribution in [2.75, 3.05) is 11.9 Å². The molecule has 3 aromatic rings. The van der Waals surface area contributed by atoms with Gasteiger partial charge < -0.3 is 19.9 Å². The van der Waals surface area contributed by atoms with Gasteiger partial charge in [-0.3, -0.25) is 4.98 Å². The first-order chi connectivity index (χ1) is 15.5. The second kappa shape index (κ2) is 8.20. The largest absolute Gasteiger partial charge is 0.507 e. The van der Waals surface area contributed by atoms with E-state index in [9.17, 15) is 5.11 Å². The number of nitrogens with zero attached hydrogens (tertiary/aromatic N) is 6. The molecule has 164 valence electrons. The highest BCUT2D eigenvalue weighted by molar-refractivity contribution is 5.68. The lowest BCUT2D eigenvalue weighted by atomic mass is 9.82. The van der Waals surface area contributed by atoms with Crippen LogP contribution in [0, 0.1) is 11.3 Å². The van der Waals surface area contributed by atoms with Crippen molar-refractivity contribution >= 4 is 5.82 Å². The monoisotopic (exact) mass is 433 g/mol. The zero-order chi connectivity index (χ0) is 22.2. The molecule has 4 heterocycles. The number of phenols is 1. The van der Waals surface area contributed by atoms with Crippen molar-refractivity contribution in [2.45, 2.75) is 50.0 Å². The Balaban J connectivity index is 1.35. The first-order valence-corrected chi connectivity index (χ1v) is 10.8. The summed E-state index contributed by atoms with van der Waals surface area (Å²) in [4.78, 5) is 14.9. The summed E-state index contributed by atoms with van der Waals surface area (Å²) in [6.07, 6.45) is 9.18. The first kappa shape index (κ1) is 20.4. The summed E-state index contributed by atoms with van der Waals surface area (Å²) >= 11 is 0. The van der Waals surface area contributed by atoms with Crippen LogP contribution in [0.3, 0.4) is 0 Å². The van der Waals surface area contributed by atoms with Crippen LogP contribution in [0.4, 0.5) is 10.2 Å².